The van der Waals surface area contributed by atoms with Gasteiger partial charge in [0.05, 0.1) is 44.3 Å². The maximum atomic E-state index is 2.57. The van der Waals surface area contributed by atoms with Crippen LogP contribution in [0.2, 0.25) is 0 Å². The third-order valence-corrected chi connectivity index (χ3v) is 19.3. The zero-order valence-electron chi connectivity index (χ0n) is 45.1. The smallest absolute Gasteiger partial charge is 0.0755 e. The second-order valence-electron chi connectivity index (χ2n) is 23.0. The number of rotatable bonds is 5. The maximum absolute atomic E-state index is 2.57. The van der Waals surface area contributed by atoms with Crippen molar-refractivity contribution in [3.8, 4) is 55.9 Å². The van der Waals surface area contributed by atoms with Crippen LogP contribution in [0.25, 0.3) is 99.5 Å². The number of hydrogen-bond donors (Lipinski definition) is 0. The van der Waals surface area contributed by atoms with Crippen molar-refractivity contribution in [1.82, 2.24) is 9.13 Å². The lowest BCUT2D eigenvalue weighted by molar-refractivity contribution is 0.748. The van der Waals surface area contributed by atoms with Gasteiger partial charge in [0.25, 0.3) is 0 Å². The molecule has 2 spiro atoms. The van der Waals surface area contributed by atoms with Crippen molar-refractivity contribution in [3.05, 3.63) is 342 Å². The zero-order valence-corrected chi connectivity index (χ0v) is 45.1. The zero-order chi connectivity index (χ0) is 54.1. The van der Waals surface area contributed by atoms with Gasteiger partial charge >= 0.3 is 0 Å². The summed E-state index contributed by atoms with van der Waals surface area (Å²) in [6.07, 6.45) is 0. The molecule has 3 nitrogen and oxygen atoms in total. The van der Waals surface area contributed by atoms with Crippen LogP contribution in [0.5, 0.6) is 0 Å². The number of fused-ring (bicyclic) bond motifs is 25. The third-order valence-electron chi connectivity index (χ3n) is 19.3. The summed E-state index contributed by atoms with van der Waals surface area (Å²) < 4.78 is 4.95. The Bertz CT molecular complexity index is 5220. The van der Waals surface area contributed by atoms with Crippen LogP contribution in [-0.2, 0) is 10.8 Å². The molecular formula is C80H49N3. The standard InChI is InChI=1S/C80H49N3/c1-2-20-52(21-3-1)82-72-36-15-8-25-59(72)61-46-42-51(48-76(61)82)50-40-43-53(44-41-50)81(54-45-47-58-57-24-6-12-31-66(57)79(71(58)49-54)64-29-10-4-22-55(64)56-23-5-11-30-65(56)79)75-39-19-34-69-77(75)63-27-7-13-32-67(63)80(69)68-33-14-17-38-74(68)83-73-37-16-9-26-60(73)62-28-18-35-70(80)78(62)83/h1-49H. The van der Waals surface area contributed by atoms with E-state index in [1.165, 1.54) is 133 Å². The number of para-hydroxylation sites is 5. The van der Waals surface area contributed by atoms with E-state index in [0.29, 0.717) is 0 Å². The first-order valence-electron chi connectivity index (χ1n) is 29.0. The Hall–Kier alpha value is -10.7. The molecule has 13 aromatic carbocycles. The summed E-state index contributed by atoms with van der Waals surface area (Å²) in [4.78, 5) is 2.57. The van der Waals surface area contributed by atoms with E-state index in [4.69, 9.17) is 0 Å². The Labute approximate surface area is 480 Å². The monoisotopic (exact) mass is 1050 g/mol. The van der Waals surface area contributed by atoms with Gasteiger partial charge in [0.2, 0.25) is 0 Å². The molecule has 0 radical (unpaired) electrons. The highest BCUT2D eigenvalue weighted by Gasteiger charge is 2.54. The van der Waals surface area contributed by atoms with Crippen molar-refractivity contribution in [2.75, 3.05) is 4.90 Å². The molecule has 15 aromatic rings. The van der Waals surface area contributed by atoms with E-state index in [2.05, 4.69) is 311 Å². The number of anilines is 3. The molecule has 3 heteroatoms. The number of hydrogen-bond acceptors (Lipinski definition) is 1. The minimum absolute atomic E-state index is 0.510. The highest BCUT2D eigenvalue weighted by Crippen LogP contribution is 2.66. The van der Waals surface area contributed by atoms with Crippen molar-refractivity contribution in [2.24, 2.45) is 0 Å². The molecule has 0 N–H and O–H groups in total. The average molecular weight is 1050 g/mol. The van der Waals surface area contributed by atoms with Gasteiger partial charge in [0.15, 0.2) is 0 Å². The summed E-state index contributed by atoms with van der Waals surface area (Å²) in [6, 6.07) is 112. The van der Waals surface area contributed by atoms with Crippen molar-refractivity contribution >= 4 is 60.7 Å². The first-order valence-corrected chi connectivity index (χ1v) is 29.0. The molecular weight excluding hydrogens is 1000 g/mol. The summed E-state index contributed by atoms with van der Waals surface area (Å²) in [5, 5.41) is 5.05. The molecule has 2 aromatic heterocycles. The number of benzene rings is 13. The van der Waals surface area contributed by atoms with E-state index >= 15 is 0 Å². The fraction of sp³-hybridized carbons (Fsp3) is 0.0250. The van der Waals surface area contributed by atoms with Crippen LogP contribution in [0.3, 0.4) is 0 Å². The van der Waals surface area contributed by atoms with E-state index in [1.54, 1.807) is 0 Å². The number of nitrogens with zero attached hydrogens (tertiary/aromatic N) is 3. The first-order chi connectivity index (χ1) is 41.2. The third kappa shape index (κ3) is 5.64. The second-order valence-corrected chi connectivity index (χ2v) is 23.0. The molecule has 0 bridgehead atoms. The van der Waals surface area contributed by atoms with Crippen LogP contribution in [0.1, 0.15) is 44.5 Å². The van der Waals surface area contributed by atoms with Gasteiger partial charge in [0, 0.05) is 44.2 Å². The summed E-state index contributed by atoms with van der Waals surface area (Å²) >= 11 is 0. The quantitative estimate of drug-likeness (QED) is 0.167. The van der Waals surface area contributed by atoms with E-state index in [0.717, 1.165) is 28.3 Å². The van der Waals surface area contributed by atoms with Gasteiger partial charge in [0.1, 0.15) is 0 Å². The van der Waals surface area contributed by atoms with Crippen LogP contribution in [0.15, 0.2) is 297 Å². The molecule has 0 saturated heterocycles. The van der Waals surface area contributed by atoms with Gasteiger partial charge in [-0.1, -0.05) is 231 Å². The first kappa shape index (κ1) is 45.0. The largest absolute Gasteiger partial charge is 0.310 e. The Morgan fingerprint density at radius 1 is 0.265 bits per heavy atom. The van der Waals surface area contributed by atoms with Gasteiger partial charge in [-0.15, -0.1) is 0 Å². The Kier molecular flexibility index (Phi) is 8.92. The SMILES string of the molecule is c1ccc(-n2c3ccccc3c3ccc(-c4ccc(N(c5ccc6c(c5)C5(c7ccccc7-c7ccccc75)c5ccccc5-6)c5cccc6c5-c5ccccc5C65c6ccccc6-n6c7ccccc7c7cccc5c76)cc4)cc32)cc1. The topological polar surface area (TPSA) is 13.1 Å². The molecule has 19 rings (SSSR count). The predicted octanol–water partition coefficient (Wildman–Crippen LogP) is 20.0. The van der Waals surface area contributed by atoms with Gasteiger partial charge in [-0.05, 0) is 150 Å². The predicted molar refractivity (Wildman–Crippen MR) is 342 cm³/mol. The highest BCUT2D eigenvalue weighted by molar-refractivity contribution is 6.14. The molecule has 384 valence electrons. The maximum Gasteiger partial charge on any atom is 0.0755 e. The highest BCUT2D eigenvalue weighted by atomic mass is 15.1. The van der Waals surface area contributed by atoms with Crippen molar-refractivity contribution in [1.29, 1.82) is 0 Å². The summed E-state index contributed by atoms with van der Waals surface area (Å²) in [7, 11) is 0. The summed E-state index contributed by atoms with van der Waals surface area (Å²) in [5.41, 5.74) is 30.0. The van der Waals surface area contributed by atoms with E-state index in [9.17, 15) is 0 Å². The second kappa shape index (κ2) is 16.4. The molecule has 1 unspecified atom stereocenters. The Morgan fingerprint density at radius 3 is 1.46 bits per heavy atom. The lowest BCUT2D eigenvalue weighted by Gasteiger charge is -2.39. The fourth-order valence-corrected chi connectivity index (χ4v) is 16.2. The van der Waals surface area contributed by atoms with Crippen LogP contribution in [0.4, 0.5) is 17.1 Å². The lowest BCUT2D eigenvalue weighted by Crippen LogP contribution is -2.33. The minimum atomic E-state index is -0.611. The van der Waals surface area contributed by atoms with Crippen molar-refractivity contribution in [2.45, 2.75) is 10.8 Å². The fourth-order valence-electron chi connectivity index (χ4n) is 16.2. The Morgan fingerprint density at radius 2 is 0.747 bits per heavy atom. The number of aromatic nitrogens is 2. The summed E-state index contributed by atoms with van der Waals surface area (Å²) in [5.74, 6) is 0. The van der Waals surface area contributed by atoms with Crippen LogP contribution in [0, 0.1) is 0 Å². The van der Waals surface area contributed by atoms with Gasteiger partial charge in [-0.2, -0.15) is 0 Å². The van der Waals surface area contributed by atoms with Crippen LogP contribution < -0.4 is 4.90 Å². The van der Waals surface area contributed by atoms with Crippen LogP contribution >= 0.6 is 0 Å². The minimum Gasteiger partial charge on any atom is -0.310 e. The van der Waals surface area contributed by atoms with E-state index in [-0.39, 0.29) is 0 Å². The normalized spacial score (nSPS) is 15.1. The van der Waals surface area contributed by atoms with Crippen molar-refractivity contribution < 1.29 is 0 Å². The summed E-state index contributed by atoms with van der Waals surface area (Å²) in [6.45, 7) is 0. The molecule has 3 heterocycles. The Balaban J connectivity index is 0.869. The molecule has 0 fully saturated rings. The van der Waals surface area contributed by atoms with Gasteiger partial charge in [-0.25, -0.2) is 0 Å². The average Bonchev–Trinajstić information content (AvgIpc) is 2.08. The van der Waals surface area contributed by atoms with Crippen molar-refractivity contribution in [3.63, 3.8) is 0 Å². The molecule has 4 aliphatic rings. The van der Waals surface area contributed by atoms with Gasteiger partial charge in [-0.3, -0.25) is 0 Å². The molecule has 83 heavy (non-hydrogen) atoms. The molecule has 1 aliphatic heterocycles. The molecule has 1 atom stereocenters. The lowest BCUT2D eigenvalue weighted by atomic mass is 9.65. The van der Waals surface area contributed by atoms with E-state index < -0.39 is 10.8 Å². The molecule has 0 amide bonds. The van der Waals surface area contributed by atoms with Gasteiger partial charge < -0.3 is 14.0 Å². The molecule has 3 aliphatic carbocycles. The van der Waals surface area contributed by atoms with E-state index in [1.807, 2.05) is 0 Å². The van der Waals surface area contributed by atoms with Crippen LogP contribution in [-0.4, -0.2) is 9.13 Å². The molecule has 0 saturated carbocycles.